The average molecular weight is 221 g/mol. The van der Waals surface area contributed by atoms with Gasteiger partial charge in [-0.15, -0.1) is 0 Å². The molecule has 1 aliphatic carbocycles. The van der Waals surface area contributed by atoms with Gasteiger partial charge in [-0.1, -0.05) is 26.7 Å². The highest BCUT2D eigenvalue weighted by Gasteiger charge is 2.30. The first-order chi connectivity index (χ1) is 7.59. The number of nitrogens with zero attached hydrogens (tertiary/aromatic N) is 2. The van der Waals surface area contributed by atoms with E-state index in [1.165, 1.54) is 25.7 Å². The van der Waals surface area contributed by atoms with E-state index in [-0.39, 0.29) is 0 Å². The number of aryl methyl sites for hydroxylation is 1. The van der Waals surface area contributed by atoms with Gasteiger partial charge in [-0.3, -0.25) is 0 Å². The van der Waals surface area contributed by atoms with Gasteiger partial charge in [0.05, 0.1) is 11.7 Å². The Balaban J connectivity index is 2.26. The van der Waals surface area contributed by atoms with Crippen LogP contribution in [0.3, 0.4) is 0 Å². The van der Waals surface area contributed by atoms with E-state index in [0.717, 1.165) is 17.4 Å². The molecule has 0 radical (unpaired) electrons. The lowest BCUT2D eigenvalue weighted by Crippen LogP contribution is -2.28. The normalized spacial score (nSPS) is 26.2. The van der Waals surface area contributed by atoms with Crippen LogP contribution >= 0.6 is 0 Å². The van der Waals surface area contributed by atoms with Crippen LogP contribution in [0.25, 0.3) is 0 Å². The second kappa shape index (κ2) is 4.48. The van der Waals surface area contributed by atoms with Crippen LogP contribution in [-0.2, 0) is 0 Å². The molecule has 2 N–H and O–H groups in total. The van der Waals surface area contributed by atoms with Gasteiger partial charge in [0, 0.05) is 6.07 Å². The lowest BCUT2D eigenvalue weighted by Gasteiger charge is -2.34. The van der Waals surface area contributed by atoms with E-state index in [1.54, 1.807) is 0 Å². The molecule has 1 aromatic rings. The third-order valence-corrected chi connectivity index (χ3v) is 3.84. The van der Waals surface area contributed by atoms with Crippen LogP contribution in [0, 0.1) is 18.8 Å². The molecule has 90 valence electrons. The fourth-order valence-electron chi connectivity index (χ4n) is 3.02. The maximum Gasteiger partial charge on any atom is 0.122 e. The summed E-state index contributed by atoms with van der Waals surface area (Å²) in [6, 6.07) is 2.49. The van der Waals surface area contributed by atoms with Crippen molar-refractivity contribution in [1.82, 2.24) is 9.78 Å². The summed E-state index contributed by atoms with van der Waals surface area (Å²) < 4.78 is 2.07. The third kappa shape index (κ3) is 2.08. The van der Waals surface area contributed by atoms with Crippen molar-refractivity contribution in [2.75, 3.05) is 5.73 Å². The van der Waals surface area contributed by atoms with Crippen molar-refractivity contribution < 1.29 is 0 Å². The van der Waals surface area contributed by atoms with Crippen LogP contribution in [0.4, 0.5) is 5.82 Å². The van der Waals surface area contributed by atoms with E-state index < -0.39 is 0 Å². The third-order valence-electron chi connectivity index (χ3n) is 3.84. The van der Waals surface area contributed by atoms with Crippen molar-refractivity contribution in [2.45, 2.75) is 52.5 Å². The minimum Gasteiger partial charge on any atom is -0.384 e. The summed E-state index contributed by atoms with van der Waals surface area (Å²) in [4.78, 5) is 0. The molecule has 0 aliphatic heterocycles. The minimum atomic E-state index is 0.516. The lowest BCUT2D eigenvalue weighted by molar-refractivity contribution is 0.174. The fraction of sp³-hybridized carbons (Fsp3) is 0.769. The van der Waals surface area contributed by atoms with Crippen LogP contribution in [-0.4, -0.2) is 9.78 Å². The summed E-state index contributed by atoms with van der Waals surface area (Å²) in [7, 11) is 0. The highest BCUT2D eigenvalue weighted by Crippen LogP contribution is 2.39. The molecule has 0 aromatic carbocycles. The van der Waals surface area contributed by atoms with Gasteiger partial charge in [-0.05, 0) is 31.6 Å². The molecule has 2 unspecified atom stereocenters. The summed E-state index contributed by atoms with van der Waals surface area (Å²) in [5.74, 6) is 2.28. The summed E-state index contributed by atoms with van der Waals surface area (Å²) in [5.41, 5.74) is 7.07. The van der Waals surface area contributed by atoms with Crippen LogP contribution < -0.4 is 5.73 Å². The molecule has 1 heterocycles. The van der Waals surface area contributed by atoms with E-state index in [2.05, 4.69) is 23.6 Å². The topological polar surface area (TPSA) is 43.8 Å². The zero-order valence-corrected chi connectivity index (χ0v) is 10.6. The number of aromatic nitrogens is 2. The van der Waals surface area contributed by atoms with Gasteiger partial charge >= 0.3 is 0 Å². The van der Waals surface area contributed by atoms with Gasteiger partial charge in [-0.2, -0.15) is 5.10 Å². The Morgan fingerprint density at radius 1 is 1.38 bits per heavy atom. The molecule has 0 spiro atoms. The minimum absolute atomic E-state index is 0.516. The maximum absolute atomic E-state index is 6.04. The number of nitrogen functional groups attached to an aromatic ring is 1. The number of hydrogen-bond acceptors (Lipinski definition) is 2. The Morgan fingerprint density at radius 2 is 2.06 bits per heavy atom. The standard InChI is InChI=1S/C13H23N3/c1-9(2)11-6-4-5-7-12(11)16-13(14)8-10(3)15-16/h8-9,11-12H,4-7,14H2,1-3H3. The first-order valence-electron chi connectivity index (χ1n) is 6.41. The monoisotopic (exact) mass is 221 g/mol. The molecular weight excluding hydrogens is 198 g/mol. The molecular formula is C13H23N3. The molecule has 3 heteroatoms. The van der Waals surface area contributed by atoms with E-state index in [9.17, 15) is 0 Å². The molecule has 16 heavy (non-hydrogen) atoms. The van der Waals surface area contributed by atoms with Crippen molar-refractivity contribution in [3.05, 3.63) is 11.8 Å². The second-order valence-corrected chi connectivity index (χ2v) is 5.41. The molecule has 0 bridgehead atoms. The molecule has 1 aliphatic rings. The van der Waals surface area contributed by atoms with E-state index in [4.69, 9.17) is 5.73 Å². The van der Waals surface area contributed by atoms with Crippen molar-refractivity contribution >= 4 is 5.82 Å². The van der Waals surface area contributed by atoms with E-state index >= 15 is 0 Å². The van der Waals surface area contributed by atoms with Gasteiger partial charge in [-0.25, -0.2) is 4.68 Å². The maximum atomic E-state index is 6.04. The van der Waals surface area contributed by atoms with E-state index in [0.29, 0.717) is 12.0 Å². The van der Waals surface area contributed by atoms with Gasteiger partial charge in [0.2, 0.25) is 0 Å². The molecule has 3 nitrogen and oxygen atoms in total. The van der Waals surface area contributed by atoms with Crippen LogP contribution in [0.1, 0.15) is 51.3 Å². The zero-order valence-electron chi connectivity index (χ0n) is 10.6. The van der Waals surface area contributed by atoms with Gasteiger partial charge in [0.25, 0.3) is 0 Å². The Hall–Kier alpha value is -0.990. The highest BCUT2D eigenvalue weighted by atomic mass is 15.3. The largest absolute Gasteiger partial charge is 0.384 e. The van der Waals surface area contributed by atoms with Gasteiger partial charge in [0.15, 0.2) is 0 Å². The smallest absolute Gasteiger partial charge is 0.122 e. The van der Waals surface area contributed by atoms with E-state index in [1.807, 2.05) is 13.0 Å². The predicted octanol–water partition coefficient (Wildman–Crippen LogP) is 3.16. The van der Waals surface area contributed by atoms with Crippen molar-refractivity contribution in [3.63, 3.8) is 0 Å². The van der Waals surface area contributed by atoms with Crippen LogP contribution in [0.5, 0.6) is 0 Å². The summed E-state index contributed by atoms with van der Waals surface area (Å²) >= 11 is 0. The SMILES string of the molecule is Cc1cc(N)n(C2CCCCC2C(C)C)n1. The zero-order chi connectivity index (χ0) is 11.7. The van der Waals surface area contributed by atoms with Gasteiger partial charge < -0.3 is 5.73 Å². The lowest BCUT2D eigenvalue weighted by atomic mass is 9.78. The second-order valence-electron chi connectivity index (χ2n) is 5.41. The Labute approximate surface area is 98.0 Å². The molecule has 0 saturated heterocycles. The average Bonchev–Trinajstić information content (AvgIpc) is 2.57. The predicted molar refractivity (Wildman–Crippen MR) is 67.2 cm³/mol. The van der Waals surface area contributed by atoms with Crippen molar-refractivity contribution in [1.29, 1.82) is 0 Å². The summed E-state index contributed by atoms with van der Waals surface area (Å²) in [6.45, 7) is 6.64. The summed E-state index contributed by atoms with van der Waals surface area (Å²) in [6.07, 6.45) is 5.22. The Bertz CT molecular complexity index is 354. The van der Waals surface area contributed by atoms with Crippen molar-refractivity contribution in [2.24, 2.45) is 11.8 Å². The number of nitrogens with two attached hydrogens (primary N) is 1. The highest BCUT2D eigenvalue weighted by molar-refractivity contribution is 5.31. The first kappa shape index (κ1) is 11.5. The van der Waals surface area contributed by atoms with Crippen LogP contribution in [0.15, 0.2) is 6.07 Å². The Morgan fingerprint density at radius 3 is 2.62 bits per heavy atom. The Kier molecular flexibility index (Phi) is 3.22. The molecule has 1 aromatic heterocycles. The van der Waals surface area contributed by atoms with Crippen LogP contribution in [0.2, 0.25) is 0 Å². The quantitative estimate of drug-likeness (QED) is 0.833. The van der Waals surface area contributed by atoms with Crippen molar-refractivity contribution in [3.8, 4) is 0 Å². The summed E-state index contributed by atoms with van der Waals surface area (Å²) in [5, 5.41) is 4.56. The number of anilines is 1. The molecule has 1 saturated carbocycles. The molecule has 2 atom stereocenters. The molecule has 2 rings (SSSR count). The molecule has 0 amide bonds. The fourth-order valence-corrected chi connectivity index (χ4v) is 3.02. The molecule has 1 fully saturated rings. The van der Waals surface area contributed by atoms with Gasteiger partial charge in [0.1, 0.15) is 5.82 Å². The number of rotatable bonds is 2. The number of hydrogen-bond donors (Lipinski definition) is 1. The first-order valence-corrected chi connectivity index (χ1v) is 6.41.